The van der Waals surface area contributed by atoms with Gasteiger partial charge in [0.05, 0.1) is 16.9 Å². The van der Waals surface area contributed by atoms with E-state index in [9.17, 15) is 0 Å². The minimum Gasteiger partial charge on any atom is -0.295 e. The van der Waals surface area contributed by atoms with E-state index in [1.165, 1.54) is 56.2 Å². The molecule has 0 saturated carbocycles. The zero-order valence-corrected chi connectivity index (χ0v) is 17.6. The van der Waals surface area contributed by atoms with Crippen LogP contribution in [0.3, 0.4) is 0 Å². The number of rotatable bonds is 0. The Labute approximate surface area is 176 Å². The number of benzene rings is 3. The Hall–Kier alpha value is -3.13. The van der Waals surface area contributed by atoms with Gasteiger partial charge in [-0.05, 0) is 46.0 Å². The molecule has 0 amide bonds. The predicted molar refractivity (Wildman–Crippen MR) is 124 cm³/mol. The van der Waals surface area contributed by atoms with E-state index >= 15 is 0 Å². The van der Waals surface area contributed by atoms with Crippen molar-refractivity contribution in [1.29, 1.82) is 0 Å². The van der Waals surface area contributed by atoms with Gasteiger partial charge in [0.2, 0.25) is 0 Å². The number of hydrogen-bond acceptors (Lipinski definition) is 1. The molecule has 2 nitrogen and oxygen atoms in total. The van der Waals surface area contributed by atoms with Crippen LogP contribution in [0.15, 0.2) is 66.7 Å². The summed E-state index contributed by atoms with van der Waals surface area (Å²) in [6.07, 6.45) is 1.17. The largest absolute Gasteiger partial charge is 0.295 e. The van der Waals surface area contributed by atoms with Crippen molar-refractivity contribution in [1.82, 2.24) is 9.38 Å². The van der Waals surface area contributed by atoms with Crippen molar-refractivity contribution in [3.63, 3.8) is 0 Å². The van der Waals surface area contributed by atoms with Crippen molar-refractivity contribution in [2.24, 2.45) is 0 Å². The van der Waals surface area contributed by atoms with Gasteiger partial charge in [0.15, 0.2) is 0 Å². The van der Waals surface area contributed by atoms with E-state index in [0.29, 0.717) is 11.8 Å². The maximum absolute atomic E-state index is 5.29. The van der Waals surface area contributed by atoms with Crippen LogP contribution in [-0.2, 0) is 5.41 Å². The van der Waals surface area contributed by atoms with Crippen LogP contribution in [-0.4, -0.2) is 9.38 Å². The lowest BCUT2D eigenvalue weighted by Gasteiger charge is -2.21. The quantitative estimate of drug-likeness (QED) is 0.263. The number of pyridine rings is 1. The van der Waals surface area contributed by atoms with Crippen LogP contribution in [0.25, 0.3) is 27.3 Å². The van der Waals surface area contributed by atoms with E-state index in [2.05, 4.69) is 91.9 Å². The van der Waals surface area contributed by atoms with Gasteiger partial charge >= 0.3 is 0 Å². The van der Waals surface area contributed by atoms with Crippen molar-refractivity contribution < 1.29 is 0 Å². The standard InChI is InChI=1S/C28H24N2/c1-28(2,3)16-12-13-24-21(14-16)19-10-6-7-11-20(19)27-29-25-22-15-23(26(25)30(24)27)18-9-5-4-8-17(18)22/h4-14,22-23H,15H2,1-3H3. The molecule has 0 spiro atoms. The first-order chi connectivity index (χ1) is 14.5. The lowest BCUT2D eigenvalue weighted by Crippen LogP contribution is -2.11. The molecule has 2 heteroatoms. The second kappa shape index (κ2) is 5.31. The Morgan fingerprint density at radius 1 is 0.800 bits per heavy atom. The average Bonchev–Trinajstić information content (AvgIpc) is 3.42. The van der Waals surface area contributed by atoms with Crippen LogP contribution in [0.2, 0.25) is 0 Å². The third kappa shape index (κ3) is 1.92. The fourth-order valence-corrected chi connectivity index (χ4v) is 5.94. The molecule has 0 N–H and O–H groups in total. The molecule has 0 saturated heterocycles. The van der Waals surface area contributed by atoms with Crippen molar-refractivity contribution in [3.05, 3.63) is 94.8 Å². The Balaban J connectivity index is 1.65. The average molecular weight is 389 g/mol. The molecule has 146 valence electrons. The van der Waals surface area contributed by atoms with Crippen LogP contribution in [0.1, 0.15) is 67.1 Å². The van der Waals surface area contributed by atoms with E-state index in [1.54, 1.807) is 0 Å². The zero-order valence-electron chi connectivity index (χ0n) is 17.6. The summed E-state index contributed by atoms with van der Waals surface area (Å²) in [6.45, 7) is 6.87. The maximum atomic E-state index is 5.29. The van der Waals surface area contributed by atoms with E-state index in [1.807, 2.05) is 0 Å². The van der Waals surface area contributed by atoms with Crippen molar-refractivity contribution in [3.8, 4) is 0 Å². The first kappa shape index (κ1) is 16.6. The molecule has 5 aromatic rings. The maximum Gasteiger partial charge on any atom is 0.145 e. The second-order valence-electron chi connectivity index (χ2n) is 10.0. The van der Waals surface area contributed by atoms with E-state index in [-0.39, 0.29) is 5.41 Å². The number of fused-ring (bicyclic) bond motifs is 15. The predicted octanol–water partition coefficient (Wildman–Crippen LogP) is 6.92. The molecule has 0 radical (unpaired) electrons. The molecule has 2 heterocycles. The molecule has 2 bridgehead atoms. The van der Waals surface area contributed by atoms with Crippen molar-refractivity contribution in [2.75, 3.05) is 0 Å². The van der Waals surface area contributed by atoms with Crippen LogP contribution in [0.5, 0.6) is 0 Å². The number of nitrogens with zero attached hydrogens (tertiary/aromatic N) is 2. The normalized spacial score (nSPS) is 19.7. The third-order valence-corrected chi connectivity index (χ3v) is 7.38. The van der Waals surface area contributed by atoms with Crippen molar-refractivity contribution >= 4 is 27.3 Å². The van der Waals surface area contributed by atoms with Gasteiger partial charge in [-0.25, -0.2) is 4.98 Å². The highest BCUT2D eigenvalue weighted by atomic mass is 15.1. The fourth-order valence-electron chi connectivity index (χ4n) is 5.94. The van der Waals surface area contributed by atoms with Gasteiger partial charge in [-0.2, -0.15) is 0 Å². The topological polar surface area (TPSA) is 17.3 Å². The molecule has 2 aliphatic carbocycles. The summed E-state index contributed by atoms with van der Waals surface area (Å²) in [5.41, 5.74) is 9.63. The molecule has 3 aromatic carbocycles. The lowest BCUT2D eigenvalue weighted by atomic mass is 9.86. The van der Waals surface area contributed by atoms with Crippen LogP contribution in [0, 0.1) is 0 Å². The zero-order chi connectivity index (χ0) is 20.2. The van der Waals surface area contributed by atoms with Gasteiger partial charge in [-0.1, -0.05) is 75.4 Å². The minimum absolute atomic E-state index is 0.124. The summed E-state index contributed by atoms with van der Waals surface area (Å²) in [6, 6.07) is 24.8. The molecular weight excluding hydrogens is 364 g/mol. The van der Waals surface area contributed by atoms with E-state index in [0.717, 1.165) is 5.65 Å². The Morgan fingerprint density at radius 3 is 2.27 bits per heavy atom. The van der Waals surface area contributed by atoms with E-state index < -0.39 is 0 Å². The summed E-state index contributed by atoms with van der Waals surface area (Å²) >= 11 is 0. The summed E-state index contributed by atoms with van der Waals surface area (Å²) in [4.78, 5) is 5.29. The Bertz CT molecular complexity index is 1510. The molecule has 2 atom stereocenters. The van der Waals surface area contributed by atoms with Crippen molar-refractivity contribution in [2.45, 2.75) is 44.4 Å². The van der Waals surface area contributed by atoms with Gasteiger partial charge < -0.3 is 0 Å². The highest BCUT2D eigenvalue weighted by Crippen LogP contribution is 2.56. The van der Waals surface area contributed by atoms with E-state index in [4.69, 9.17) is 4.98 Å². The first-order valence-electron chi connectivity index (χ1n) is 11.0. The summed E-state index contributed by atoms with van der Waals surface area (Å²) in [5.74, 6) is 0.909. The van der Waals surface area contributed by atoms with Gasteiger partial charge in [-0.3, -0.25) is 4.40 Å². The monoisotopic (exact) mass is 388 g/mol. The molecule has 2 aromatic heterocycles. The lowest BCUT2D eigenvalue weighted by molar-refractivity contribution is 0.591. The van der Waals surface area contributed by atoms with Crippen LogP contribution < -0.4 is 0 Å². The summed E-state index contributed by atoms with van der Waals surface area (Å²) in [7, 11) is 0. The number of hydrogen-bond donors (Lipinski definition) is 0. The second-order valence-corrected chi connectivity index (χ2v) is 10.0. The highest BCUT2D eigenvalue weighted by Gasteiger charge is 2.45. The molecule has 30 heavy (non-hydrogen) atoms. The number of aromatic nitrogens is 2. The molecule has 7 rings (SSSR count). The van der Waals surface area contributed by atoms with Gasteiger partial charge in [0, 0.05) is 22.6 Å². The van der Waals surface area contributed by atoms with Crippen LogP contribution in [0.4, 0.5) is 0 Å². The molecule has 2 aliphatic rings. The summed E-state index contributed by atoms with van der Waals surface area (Å²) < 4.78 is 2.49. The molecule has 0 fully saturated rings. The summed E-state index contributed by atoms with van der Waals surface area (Å²) in [5, 5.41) is 3.90. The third-order valence-electron chi connectivity index (χ3n) is 7.38. The smallest absolute Gasteiger partial charge is 0.145 e. The Morgan fingerprint density at radius 2 is 1.50 bits per heavy atom. The number of imidazole rings is 1. The van der Waals surface area contributed by atoms with Gasteiger partial charge in [-0.15, -0.1) is 0 Å². The molecular formula is C28H24N2. The first-order valence-corrected chi connectivity index (χ1v) is 11.0. The highest BCUT2D eigenvalue weighted by molar-refractivity contribution is 6.12. The van der Waals surface area contributed by atoms with Gasteiger partial charge in [0.1, 0.15) is 5.65 Å². The fraction of sp³-hybridized carbons (Fsp3) is 0.250. The molecule has 0 aliphatic heterocycles. The molecule has 2 unspecified atom stereocenters. The SMILES string of the molecule is CC(C)(C)c1ccc2c(c1)c1ccccc1c1nc3c(n21)C1CC3c2ccccc21. The Kier molecular flexibility index (Phi) is 2.95. The minimum atomic E-state index is 0.124. The van der Waals surface area contributed by atoms with Gasteiger partial charge in [0.25, 0.3) is 0 Å². The van der Waals surface area contributed by atoms with Crippen LogP contribution >= 0.6 is 0 Å².